The molecular formula is C6H12IO. The minimum atomic E-state index is -0.393. The van der Waals surface area contributed by atoms with Gasteiger partial charge >= 0.3 is 0 Å². The van der Waals surface area contributed by atoms with Gasteiger partial charge < -0.3 is 0 Å². The monoisotopic (exact) mass is 227 g/mol. The van der Waals surface area contributed by atoms with Crippen LogP contribution in [0.1, 0.15) is 20.8 Å². The average Bonchev–Trinajstić information content (AvgIpc) is 1.64. The summed E-state index contributed by atoms with van der Waals surface area (Å²) < 4.78 is 0.257. The van der Waals surface area contributed by atoms with Gasteiger partial charge in [-0.3, -0.25) is 0 Å². The highest BCUT2D eigenvalue weighted by atomic mass is 127. The van der Waals surface area contributed by atoms with E-state index in [2.05, 4.69) is 22.6 Å². The summed E-state index contributed by atoms with van der Waals surface area (Å²) in [6.07, 6.45) is -0.393. The van der Waals surface area contributed by atoms with Crippen molar-refractivity contribution in [1.82, 2.24) is 0 Å². The Bertz CT molecular complexity index is 53.5. The Morgan fingerprint density at radius 3 is 1.62 bits per heavy atom. The maximum Gasteiger partial charge on any atom is 0.107 e. The Balaban J connectivity index is 3.46. The Morgan fingerprint density at radius 1 is 1.25 bits per heavy atom. The van der Waals surface area contributed by atoms with E-state index >= 15 is 0 Å². The molecule has 0 aliphatic heterocycles. The van der Waals surface area contributed by atoms with Gasteiger partial charge in [0.25, 0.3) is 0 Å². The molecule has 49 valence electrons. The van der Waals surface area contributed by atoms with Crippen LogP contribution in [0.15, 0.2) is 0 Å². The quantitative estimate of drug-likeness (QED) is 0.509. The topological polar surface area (TPSA) is 19.9 Å². The summed E-state index contributed by atoms with van der Waals surface area (Å²) in [6.45, 7) is 5.89. The molecule has 0 saturated heterocycles. The van der Waals surface area contributed by atoms with Crippen LogP contribution >= 0.6 is 22.6 Å². The first-order chi connectivity index (χ1) is 3.55. The lowest BCUT2D eigenvalue weighted by molar-refractivity contribution is 0.0548. The van der Waals surface area contributed by atoms with E-state index in [1.807, 2.05) is 20.8 Å². The van der Waals surface area contributed by atoms with Crippen molar-refractivity contribution >= 4 is 22.6 Å². The summed E-state index contributed by atoms with van der Waals surface area (Å²) in [6, 6.07) is 0. The van der Waals surface area contributed by atoms with Gasteiger partial charge in [0.05, 0.1) is 0 Å². The van der Waals surface area contributed by atoms with Crippen LogP contribution in [0.25, 0.3) is 0 Å². The SMILES string of the molecule is CC(C)C([O])C(C)I. The molecule has 1 radical (unpaired) electrons. The third kappa shape index (κ3) is 2.87. The van der Waals surface area contributed by atoms with Crippen molar-refractivity contribution in [3.8, 4) is 0 Å². The van der Waals surface area contributed by atoms with Crippen molar-refractivity contribution in [3.05, 3.63) is 0 Å². The maximum atomic E-state index is 10.9. The molecule has 1 nitrogen and oxygen atoms in total. The third-order valence-corrected chi connectivity index (χ3v) is 1.82. The van der Waals surface area contributed by atoms with Crippen LogP contribution in [-0.4, -0.2) is 10.0 Å². The first-order valence-corrected chi connectivity index (χ1v) is 4.10. The van der Waals surface area contributed by atoms with Crippen LogP contribution in [0.3, 0.4) is 0 Å². The molecule has 2 unspecified atom stereocenters. The van der Waals surface area contributed by atoms with Crippen LogP contribution < -0.4 is 0 Å². The van der Waals surface area contributed by atoms with E-state index < -0.39 is 6.10 Å². The van der Waals surface area contributed by atoms with Gasteiger partial charge in [-0.25, -0.2) is 5.11 Å². The molecule has 0 aliphatic rings. The highest BCUT2D eigenvalue weighted by Gasteiger charge is 2.15. The minimum absolute atomic E-state index is 0.257. The Labute approximate surface area is 64.6 Å². The van der Waals surface area contributed by atoms with Gasteiger partial charge in [-0.15, -0.1) is 0 Å². The molecule has 0 N–H and O–H groups in total. The summed E-state index contributed by atoms with van der Waals surface area (Å²) in [5, 5.41) is 10.9. The molecule has 0 aromatic rings. The van der Waals surface area contributed by atoms with Gasteiger partial charge in [0.15, 0.2) is 0 Å². The standard InChI is InChI=1S/C6H12IO/c1-4(2)6(8)5(3)7/h4-6H,1-3H3. The zero-order valence-electron chi connectivity index (χ0n) is 5.52. The first-order valence-electron chi connectivity index (χ1n) is 2.85. The fraction of sp³-hybridized carbons (Fsp3) is 1.00. The summed E-state index contributed by atoms with van der Waals surface area (Å²) in [5.41, 5.74) is 0. The molecule has 0 heterocycles. The van der Waals surface area contributed by atoms with E-state index in [9.17, 15) is 5.11 Å². The van der Waals surface area contributed by atoms with Crippen molar-refractivity contribution in [2.45, 2.75) is 30.8 Å². The summed E-state index contributed by atoms with van der Waals surface area (Å²) in [7, 11) is 0. The lowest BCUT2D eigenvalue weighted by Crippen LogP contribution is -2.21. The smallest absolute Gasteiger partial charge is 0.107 e. The van der Waals surface area contributed by atoms with E-state index in [1.165, 1.54) is 0 Å². The van der Waals surface area contributed by atoms with Crippen molar-refractivity contribution < 1.29 is 5.11 Å². The highest BCUT2D eigenvalue weighted by molar-refractivity contribution is 14.1. The number of hydrogen-bond acceptors (Lipinski definition) is 0. The van der Waals surface area contributed by atoms with Gasteiger partial charge in [0.2, 0.25) is 0 Å². The summed E-state index contributed by atoms with van der Waals surface area (Å²) in [5.74, 6) is 0.280. The van der Waals surface area contributed by atoms with Gasteiger partial charge in [-0.05, 0) is 5.92 Å². The summed E-state index contributed by atoms with van der Waals surface area (Å²) >= 11 is 2.17. The zero-order valence-corrected chi connectivity index (χ0v) is 7.68. The van der Waals surface area contributed by atoms with Gasteiger partial charge in [0.1, 0.15) is 6.10 Å². The Kier molecular flexibility index (Phi) is 3.98. The lowest BCUT2D eigenvalue weighted by atomic mass is 10.1. The van der Waals surface area contributed by atoms with Crippen LogP contribution in [0.4, 0.5) is 0 Å². The molecule has 2 heteroatoms. The summed E-state index contributed by atoms with van der Waals surface area (Å²) in [4.78, 5) is 0. The molecule has 0 aromatic carbocycles. The van der Waals surface area contributed by atoms with Crippen molar-refractivity contribution in [1.29, 1.82) is 0 Å². The second-order valence-electron chi connectivity index (χ2n) is 2.39. The van der Waals surface area contributed by atoms with E-state index in [0.717, 1.165) is 0 Å². The number of alkyl halides is 1. The molecular weight excluding hydrogens is 215 g/mol. The highest BCUT2D eigenvalue weighted by Crippen LogP contribution is 2.13. The largest absolute Gasteiger partial charge is 0.232 e. The number of halogens is 1. The van der Waals surface area contributed by atoms with E-state index in [0.29, 0.717) is 0 Å². The van der Waals surface area contributed by atoms with E-state index in [1.54, 1.807) is 0 Å². The molecule has 0 saturated carbocycles. The second-order valence-corrected chi connectivity index (χ2v) is 4.35. The second kappa shape index (κ2) is 3.67. The maximum absolute atomic E-state index is 10.9. The minimum Gasteiger partial charge on any atom is -0.232 e. The Hall–Kier alpha value is 0.690. The van der Waals surface area contributed by atoms with Crippen LogP contribution in [-0.2, 0) is 5.11 Å². The van der Waals surface area contributed by atoms with Crippen LogP contribution in [0.2, 0.25) is 0 Å². The molecule has 0 aliphatic carbocycles. The van der Waals surface area contributed by atoms with Crippen LogP contribution in [0, 0.1) is 5.92 Å². The molecule has 2 atom stereocenters. The van der Waals surface area contributed by atoms with Crippen molar-refractivity contribution in [2.75, 3.05) is 0 Å². The predicted molar refractivity (Wildman–Crippen MR) is 42.8 cm³/mol. The fourth-order valence-corrected chi connectivity index (χ4v) is 1.36. The van der Waals surface area contributed by atoms with Gasteiger partial charge in [0, 0.05) is 3.92 Å². The number of hydrogen-bond donors (Lipinski definition) is 0. The third-order valence-electron chi connectivity index (χ3n) is 1.11. The van der Waals surface area contributed by atoms with Gasteiger partial charge in [-0.2, -0.15) is 0 Å². The Morgan fingerprint density at radius 2 is 1.62 bits per heavy atom. The average molecular weight is 227 g/mol. The molecule has 0 rings (SSSR count). The predicted octanol–water partition coefficient (Wildman–Crippen LogP) is 2.27. The molecule has 0 bridgehead atoms. The molecule has 8 heavy (non-hydrogen) atoms. The first kappa shape index (κ1) is 8.69. The van der Waals surface area contributed by atoms with Crippen LogP contribution in [0.5, 0.6) is 0 Å². The molecule has 0 aromatic heterocycles. The molecule has 0 amide bonds. The van der Waals surface area contributed by atoms with E-state index in [-0.39, 0.29) is 9.84 Å². The lowest BCUT2D eigenvalue weighted by Gasteiger charge is -2.13. The molecule has 0 spiro atoms. The van der Waals surface area contributed by atoms with Crippen molar-refractivity contribution in [3.63, 3.8) is 0 Å². The normalized spacial score (nSPS) is 18.8. The zero-order chi connectivity index (χ0) is 6.73. The van der Waals surface area contributed by atoms with E-state index in [4.69, 9.17) is 0 Å². The van der Waals surface area contributed by atoms with Gasteiger partial charge in [-0.1, -0.05) is 43.4 Å². The molecule has 0 fully saturated rings. The fourth-order valence-electron chi connectivity index (χ4n) is 0.530. The number of rotatable bonds is 2. The van der Waals surface area contributed by atoms with Crippen molar-refractivity contribution in [2.24, 2.45) is 5.92 Å².